The fraction of sp³-hybridized carbons (Fsp3) is 0.217. The summed E-state index contributed by atoms with van der Waals surface area (Å²) in [4.78, 5) is 39.2. The minimum absolute atomic E-state index is 0.0243. The fourth-order valence-corrected chi connectivity index (χ4v) is 3.42. The van der Waals surface area contributed by atoms with Gasteiger partial charge in [-0.2, -0.15) is 0 Å². The zero-order chi connectivity index (χ0) is 25.4. The number of hydrogen-bond acceptors (Lipinski definition) is 9. The monoisotopic (exact) mass is 500 g/mol. The molecule has 1 aliphatic rings. The summed E-state index contributed by atoms with van der Waals surface area (Å²) in [6, 6.07) is 13.5. The second kappa shape index (κ2) is 11.8. The molecule has 0 bridgehead atoms. The number of hydrogen-bond donors (Lipinski definition) is 3. The Balaban J connectivity index is 1.79. The zero-order valence-electron chi connectivity index (χ0n) is 19.2. The van der Waals surface area contributed by atoms with Crippen molar-refractivity contribution >= 4 is 46.6 Å². The van der Waals surface area contributed by atoms with E-state index in [9.17, 15) is 14.4 Å². The molecule has 3 N–H and O–H groups in total. The quantitative estimate of drug-likeness (QED) is 0.305. The lowest BCUT2D eigenvalue weighted by atomic mass is 10.1. The van der Waals surface area contributed by atoms with Crippen LogP contribution >= 0.6 is 12.2 Å². The van der Waals surface area contributed by atoms with E-state index in [1.165, 1.54) is 19.1 Å². The van der Waals surface area contributed by atoms with Crippen molar-refractivity contribution in [1.29, 1.82) is 0 Å². The molecule has 0 fully saturated rings. The molecule has 1 amide bonds. The Morgan fingerprint density at radius 2 is 1.63 bits per heavy atom. The molecule has 11 nitrogen and oxygen atoms in total. The number of hydrazine groups is 1. The number of para-hydroxylation sites is 1. The number of ether oxygens (including phenoxy) is 4. The molecule has 0 aliphatic carbocycles. The van der Waals surface area contributed by atoms with E-state index in [1.54, 1.807) is 55.6 Å². The van der Waals surface area contributed by atoms with Gasteiger partial charge in [-0.05, 0) is 48.6 Å². The van der Waals surface area contributed by atoms with Crippen LogP contribution < -0.4 is 25.8 Å². The van der Waals surface area contributed by atoms with E-state index in [1.807, 2.05) is 0 Å². The van der Waals surface area contributed by atoms with Crippen molar-refractivity contribution in [2.45, 2.75) is 0 Å². The molecule has 0 atom stereocenters. The minimum Gasteiger partial charge on any atom is -0.497 e. The fourth-order valence-electron chi connectivity index (χ4n) is 3.25. The van der Waals surface area contributed by atoms with Crippen LogP contribution in [-0.4, -0.2) is 57.6 Å². The number of anilines is 2. The molecular formula is C23H24N4O7S. The maximum Gasteiger partial charge on any atom is 0.355 e. The Morgan fingerprint density at radius 1 is 0.943 bits per heavy atom. The van der Waals surface area contributed by atoms with E-state index in [-0.39, 0.29) is 35.3 Å². The van der Waals surface area contributed by atoms with Crippen LogP contribution in [0.25, 0.3) is 0 Å². The molecule has 0 saturated carbocycles. The molecule has 35 heavy (non-hydrogen) atoms. The van der Waals surface area contributed by atoms with Crippen molar-refractivity contribution in [3.05, 3.63) is 65.4 Å². The molecular weight excluding hydrogens is 476 g/mol. The first-order valence-corrected chi connectivity index (χ1v) is 10.7. The first kappa shape index (κ1) is 25.5. The molecule has 0 aromatic heterocycles. The smallest absolute Gasteiger partial charge is 0.355 e. The number of amides is 1. The van der Waals surface area contributed by atoms with Gasteiger partial charge in [0.2, 0.25) is 0 Å². The average molecular weight is 501 g/mol. The average Bonchev–Trinajstić information content (AvgIpc) is 2.90. The van der Waals surface area contributed by atoms with Gasteiger partial charge in [0.25, 0.3) is 5.91 Å². The highest BCUT2D eigenvalue weighted by atomic mass is 32.1. The summed E-state index contributed by atoms with van der Waals surface area (Å²) in [6.45, 7) is -0.241. The third-order valence-corrected chi connectivity index (χ3v) is 5.11. The summed E-state index contributed by atoms with van der Waals surface area (Å²) in [5.74, 6) is -1.37. The summed E-state index contributed by atoms with van der Waals surface area (Å²) < 4.78 is 20.2. The van der Waals surface area contributed by atoms with Crippen LogP contribution in [0.5, 0.6) is 5.75 Å². The summed E-state index contributed by atoms with van der Waals surface area (Å²) in [7, 11) is 3.95. The standard InChI is InChI=1S/C23H24N4O7S/c1-31-15-10-8-14(9-11-15)24-23(35)26-25-20(28)16-6-4-5-7-18(16)27-13-34-12-17(21(29)32-2)19(27)22(30)33-3/h4-11H,12-13H2,1-3H3,(H,25,28)(H2,24,26,35). The molecule has 0 spiro atoms. The van der Waals surface area contributed by atoms with Gasteiger partial charge in [-0.15, -0.1) is 0 Å². The molecule has 2 aromatic carbocycles. The third kappa shape index (κ3) is 6.05. The lowest BCUT2D eigenvalue weighted by Gasteiger charge is -2.32. The van der Waals surface area contributed by atoms with Crippen LogP contribution in [0.1, 0.15) is 10.4 Å². The summed E-state index contributed by atoms with van der Waals surface area (Å²) in [5.41, 5.74) is 6.23. The lowest BCUT2D eigenvalue weighted by Crippen LogP contribution is -2.45. The van der Waals surface area contributed by atoms with Crippen LogP contribution in [0.4, 0.5) is 11.4 Å². The number of rotatable bonds is 6. The highest BCUT2D eigenvalue weighted by molar-refractivity contribution is 7.80. The van der Waals surface area contributed by atoms with E-state index in [0.29, 0.717) is 17.1 Å². The molecule has 2 aromatic rings. The Kier molecular flexibility index (Phi) is 8.59. The van der Waals surface area contributed by atoms with Gasteiger partial charge >= 0.3 is 11.9 Å². The molecule has 1 heterocycles. The summed E-state index contributed by atoms with van der Waals surface area (Å²) in [6.07, 6.45) is 0. The van der Waals surface area contributed by atoms with Crippen molar-refractivity contribution in [1.82, 2.24) is 10.9 Å². The number of nitrogens with zero attached hydrogens (tertiary/aromatic N) is 1. The topological polar surface area (TPSA) is 127 Å². The van der Waals surface area contributed by atoms with Crippen molar-refractivity contribution < 1.29 is 33.3 Å². The lowest BCUT2D eigenvalue weighted by molar-refractivity contribution is -0.140. The van der Waals surface area contributed by atoms with Gasteiger partial charge < -0.3 is 29.2 Å². The van der Waals surface area contributed by atoms with Gasteiger partial charge in [0.15, 0.2) is 5.11 Å². The number of benzene rings is 2. The maximum absolute atomic E-state index is 13.0. The number of carbonyl (C=O) groups is 3. The summed E-state index contributed by atoms with van der Waals surface area (Å²) >= 11 is 5.23. The van der Waals surface area contributed by atoms with E-state index in [0.717, 1.165) is 0 Å². The van der Waals surface area contributed by atoms with Crippen LogP contribution in [0.3, 0.4) is 0 Å². The maximum atomic E-state index is 13.0. The second-order valence-corrected chi connectivity index (χ2v) is 7.40. The Morgan fingerprint density at radius 3 is 2.29 bits per heavy atom. The van der Waals surface area contributed by atoms with Gasteiger partial charge in [0.05, 0.1) is 44.8 Å². The molecule has 0 unspecified atom stereocenters. The van der Waals surface area contributed by atoms with Crippen LogP contribution in [-0.2, 0) is 23.8 Å². The second-order valence-electron chi connectivity index (χ2n) is 6.99. The van der Waals surface area contributed by atoms with Gasteiger partial charge in [0, 0.05) is 5.69 Å². The minimum atomic E-state index is -0.771. The normalized spacial score (nSPS) is 12.9. The summed E-state index contributed by atoms with van der Waals surface area (Å²) in [5, 5.41) is 3.08. The van der Waals surface area contributed by atoms with E-state index in [2.05, 4.69) is 16.2 Å². The largest absolute Gasteiger partial charge is 0.497 e. The van der Waals surface area contributed by atoms with Crippen molar-refractivity contribution in [2.75, 3.05) is 44.9 Å². The highest BCUT2D eigenvalue weighted by Gasteiger charge is 2.34. The molecule has 184 valence electrons. The number of nitrogens with one attached hydrogen (secondary N) is 3. The molecule has 0 radical (unpaired) electrons. The number of esters is 2. The molecule has 0 saturated heterocycles. The van der Waals surface area contributed by atoms with Crippen molar-refractivity contribution in [2.24, 2.45) is 0 Å². The predicted octanol–water partition coefficient (Wildman–Crippen LogP) is 1.72. The zero-order valence-corrected chi connectivity index (χ0v) is 20.1. The number of carbonyl (C=O) groups excluding carboxylic acids is 3. The third-order valence-electron chi connectivity index (χ3n) is 4.91. The van der Waals surface area contributed by atoms with Crippen molar-refractivity contribution in [3.63, 3.8) is 0 Å². The van der Waals surface area contributed by atoms with Crippen LogP contribution in [0.15, 0.2) is 59.8 Å². The van der Waals surface area contributed by atoms with Crippen LogP contribution in [0, 0.1) is 0 Å². The highest BCUT2D eigenvalue weighted by Crippen LogP contribution is 2.29. The van der Waals surface area contributed by atoms with E-state index < -0.39 is 17.8 Å². The number of methoxy groups -OCH3 is 3. The Hall–Kier alpha value is -4.16. The van der Waals surface area contributed by atoms with Crippen molar-refractivity contribution in [3.8, 4) is 5.75 Å². The van der Waals surface area contributed by atoms with Gasteiger partial charge in [-0.3, -0.25) is 15.6 Å². The van der Waals surface area contributed by atoms with E-state index >= 15 is 0 Å². The first-order valence-electron chi connectivity index (χ1n) is 10.2. The first-order chi connectivity index (χ1) is 16.9. The molecule has 12 heteroatoms. The van der Waals surface area contributed by atoms with Gasteiger partial charge in [0.1, 0.15) is 18.2 Å². The van der Waals surface area contributed by atoms with Gasteiger partial charge in [-0.25, -0.2) is 9.59 Å². The van der Waals surface area contributed by atoms with Crippen LogP contribution in [0.2, 0.25) is 0 Å². The van der Waals surface area contributed by atoms with E-state index in [4.69, 9.17) is 31.2 Å². The SMILES string of the molecule is COC(=O)C1=C(C(=O)OC)N(c2ccccc2C(=O)NNC(=S)Nc2ccc(OC)cc2)COC1. The van der Waals surface area contributed by atoms with Gasteiger partial charge in [-0.1, -0.05) is 12.1 Å². The molecule has 3 rings (SSSR count). The number of thiocarbonyl (C=S) groups is 1. The Bertz CT molecular complexity index is 1150. The Labute approximate surface area is 206 Å². The predicted molar refractivity (Wildman–Crippen MR) is 131 cm³/mol. The molecule has 1 aliphatic heterocycles.